The van der Waals surface area contributed by atoms with Gasteiger partial charge in [0.2, 0.25) is 17.7 Å². The molecular formula is C39H56N4O7. The van der Waals surface area contributed by atoms with Crippen LogP contribution >= 0.6 is 0 Å². The van der Waals surface area contributed by atoms with Crippen LogP contribution in [-0.2, 0) is 41.5 Å². The zero-order valence-corrected chi connectivity index (χ0v) is 30.8. The van der Waals surface area contributed by atoms with Crippen LogP contribution in [0.25, 0.3) is 0 Å². The van der Waals surface area contributed by atoms with Crippen LogP contribution in [0.5, 0.6) is 0 Å². The van der Waals surface area contributed by atoms with E-state index in [0.29, 0.717) is 19.4 Å². The van der Waals surface area contributed by atoms with Crippen LogP contribution in [0.3, 0.4) is 0 Å². The number of epoxide rings is 1. The first-order valence-electron chi connectivity index (χ1n) is 17.6. The quantitative estimate of drug-likeness (QED) is 0.166. The van der Waals surface area contributed by atoms with Crippen LogP contribution in [0.2, 0.25) is 0 Å². The summed E-state index contributed by atoms with van der Waals surface area (Å²) in [5, 5.41) is 11.3. The van der Waals surface area contributed by atoms with Crippen LogP contribution < -0.4 is 21.3 Å². The predicted molar refractivity (Wildman–Crippen MR) is 192 cm³/mol. The molecule has 1 heterocycles. The Balaban J connectivity index is 1.83. The highest BCUT2D eigenvalue weighted by Crippen LogP contribution is 2.29. The number of ketones is 1. The summed E-state index contributed by atoms with van der Waals surface area (Å²) in [5.74, 6) is -1.69. The van der Waals surface area contributed by atoms with Gasteiger partial charge in [0, 0.05) is 6.42 Å². The monoisotopic (exact) mass is 692 g/mol. The molecule has 1 fully saturated rings. The average molecular weight is 693 g/mol. The second kappa shape index (κ2) is 18.1. The number of carbonyl (C=O) groups excluding carboxylic acids is 5. The van der Waals surface area contributed by atoms with Crippen molar-refractivity contribution in [1.82, 2.24) is 21.3 Å². The molecule has 4 unspecified atom stereocenters. The molecule has 0 aliphatic carbocycles. The lowest BCUT2D eigenvalue weighted by Crippen LogP contribution is -2.59. The summed E-state index contributed by atoms with van der Waals surface area (Å²) in [4.78, 5) is 67.8. The second-order valence-corrected chi connectivity index (χ2v) is 15.2. The SMILES string of the molecule is CC(C)CC(NC(=O)[C@H](CCc1ccccc1)NC(=O)OC(C)(C)C)C(=O)NC(Cc1ccccc1)C(=O)NC(CC(C)C)C(=O)C1(C)CO1. The first kappa shape index (κ1) is 40.2. The molecule has 1 aliphatic heterocycles. The third kappa shape index (κ3) is 13.6. The Hall–Kier alpha value is -4.25. The van der Waals surface area contributed by atoms with E-state index in [2.05, 4.69) is 21.3 Å². The summed E-state index contributed by atoms with van der Waals surface area (Å²) in [5.41, 5.74) is 0.0894. The van der Waals surface area contributed by atoms with Crippen LogP contribution in [0.15, 0.2) is 60.7 Å². The number of benzene rings is 2. The topological polar surface area (TPSA) is 155 Å². The number of amides is 4. The van der Waals surface area contributed by atoms with E-state index in [-0.39, 0.29) is 36.9 Å². The normalized spacial score (nSPS) is 18.0. The van der Waals surface area contributed by atoms with Crippen molar-refractivity contribution in [2.75, 3.05) is 6.61 Å². The minimum atomic E-state index is -1.04. The molecule has 50 heavy (non-hydrogen) atoms. The molecule has 0 bridgehead atoms. The number of aryl methyl sites for hydroxylation is 1. The molecule has 3 rings (SSSR count). The fraction of sp³-hybridized carbons (Fsp3) is 0.564. The number of Topliss-reactive ketones (excluding diaryl/α,β-unsaturated/α-hetero) is 1. The number of alkyl carbamates (subject to hydrolysis) is 1. The highest BCUT2D eigenvalue weighted by atomic mass is 16.6. The number of carbonyl (C=O) groups is 5. The maximum Gasteiger partial charge on any atom is 0.408 e. The van der Waals surface area contributed by atoms with E-state index in [1.165, 1.54) is 0 Å². The van der Waals surface area contributed by atoms with E-state index >= 15 is 0 Å². The van der Waals surface area contributed by atoms with Crippen molar-refractivity contribution in [1.29, 1.82) is 0 Å². The van der Waals surface area contributed by atoms with Crippen molar-refractivity contribution >= 4 is 29.6 Å². The van der Waals surface area contributed by atoms with Crippen LogP contribution in [-0.4, -0.2) is 71.6 Å². The van der Waals surface area contributed by atoms with Crippen molar-refractivity contribution in [3.05, 3.63) is 71.8 Å². The molecule has 0 saturated carbocycles. The number of nitrogens with one attached hydrogen (secondary N) is 4. The first-order chi connectivity index (χ1) is 23.5. The van der Waals surface area contributed by atoms with E-state index in [4.69, 9.17) is 9.47 Å². The van der Waals surface area contributed by atoms with Crippen molar-refractivity contribution < 1.29 is 33.4 Å². The minimum absolute atomic E-state index is 0.00126. The molecule has 11 heteroatoms. The van der Waals surface area contributed by atoms with Gasteiger partial charge in [-0.05, 0) is 76.3 Å². The van der Waals surface area contributed by atoms with Gasteiger partial charge in [0.15, 0.2) is 5.78 Å². The van der Waals surface area contributed by atoms with Crippen LogP contribution in [0.4, 0.5) is 4.79 Å². The molecule has 0 aromatic heterocycles. The molecule has 0 spiro atoms. The third-order valence-electron chi connectivity index (χ3n) is 8.27. The summed E-state index contributed by atoms with van der Waals surface area (Å²) >= 11 is 0. The smallest absolute Gasteiger partial charge is 0.408 e. The fourth-order valence-electron chi connectivity index (χ4n) is 5.58. The van der Waals surface area contributed by atoms with Crippen molar-refractivity contribution in [3.8, 4) is 0 Å². The summed E-state index contributed by atoms with van der Waals surface area (Å²) in [6.45, 7) is 15.0. The number of rotatable bonds is 18. The molecule has 4 N–H and O–H groups in total. The Morgan fingerprint density at radius 1 is 0.700 bits per heavy atom. The molecule has 5 atom stereocenters. The lowest BCUT2D eigenvalue weighted by molar-refractivity contribution is -0.134. The Morgan fingerprint density at radius 3 is 1.68 bits per heavy atom. The molecular weight excluding hydrogens is 636 g/mol. The van der Waals surface area contributed by atoms with Gasteiger partial charge in [-0.3, -0.25) is 19.2 Å². The highest BCUT2D eigenvalue weighted by molar-refractivity contribution is 5.98. The average Bonchev–Trinajstić information content (AvgIpc) is 3.79. The summed E-state index contributed by atoms with van der Waals surface area (Å²) in [6.07, 6.45) is 0.867. The number of ether oxygens (including phenoxy) is 2. The van der Waals surface area contributed by atoms with Gasteiger partial charge in [-0.2, -0.15) is 0 Å². The predicted octanol–water partition coefficient (Wildman–Crippen LogP) is 4.66. The molecule has 274 valence electrons. The van der Waals surface area contributed by atoms with Gasteiger partial charge in [-0.1, -0.05) is 88.4 Å². The zero-order chi connectivity index (χ0) is 37.1. The molecule has 2 aromatic rings. The number of hydrogen-bond donors (Lipinski definition) is 4. The second-order valence-electron chi connectivity index (χ2n) is 15.2. The molecule has 4 amide bonds. The molecule has 1 aliphatic rings. The van der Waals surface area contributed by atoms with E-state index < -0.39 is 59.2 Å². The van der Waals surface area contributed by atoms with Gasteiger partial charge in [-0.25, -0.2) is 4.79 Å². The Bertz CT molecular complexity index is 1440. The van der Waals surface area contributed by atoms with Crippen LogP contribution in [0.1, 0.15) is 85.8 Å². The van der Waals surface area contributed by atoms with E-state index in [9.17, 15) is 24.0 Å². The van der Waals surface area contributed by atoms with E-state index in [1.807, 2.05) is 88.4 Å². The van der Waals surface area contributed by atoms with E-state index in [1.54, 1.807) is 27.7 Å². The van der Waals surface area contributed by atoms with Crippen molar-refractivity contribution in [2.24, 2.45) is 11.8 Å². The lowest BCUT2D eigenvalue weighted by Gasteiger charge is -2.28. The zero-order valence-electron chi connectivity index (χ0n) is 30.8. The first-order valence-corrected chi connectivity index (χ1v) is 17.6. The Kier molecular flexibility index (Phi) is 14.6. The largest absolute Gasteiger partial charge is 0.444 e. The molecule has 11 nitrogen and oxygen atoms in total. The third-order valence-corrected chi connectivity index (χ3v) is 8.27. The van der Waals surface area contributed by atoms with Gasteiger partial charge in [-0.15, -0.1) is 0 Å². The fourth-order valence-corrected chi connectivity index (χ4v) is 5.58. The Labute approximate surface area is 297 Å². The minimum Gasteiger partial charge on any atom is -0.444 e. The molecule has 1 saturated heterocycles. The maximum absolute atomic E-state index is 14.0. The molecule has 2 aromatic carbocycles. The lowest BCUT2D eigenvalue weighted by atomic mass is 9.93. The van der Waals surface area contributed by atoms with Crippen LogP contribution in [0, 0.1) is 11.8 Å². The van der Waals surface area contributed by atoms with Crippen molar-refractivity contribution in [3.63, 3.8) is 0 Å². The standard InChI is InChI=1S/C39H56N4O7/c1-25(2)21-30(33(44)39(8)24-49-39)40-36(47)32(23-28-17-13-10-14-18-28)42-35(46)31(22-26(3)4)41-34(45)29(43-37(48)50-38(5,6)7)20-19-27-15-11-9-12-16-27/h9-18,25-26,29-32H,19-24H2,1-8H3,(H,40,47)(H,41,45)(H,42,46)(H,43,48)/t29-,30?,31?,32?,39?/m0/s1. The van der Waals surface area contributed by atoms with E-state index in [0.717, 1.165) is 11.1 Å². The van der Waals surface area contributed by atoms with Gasteiger partial charge < -0.3 is 30.7 Å². The van der Waals surface area contributed by atoms with Gasteiger partial charge >= 0.3 is 6.09 Å². The summed E-state index contributed by atoms with van der Waals surface area (Å²) in [7, 11) is 0. The van der Waals surface area contributed by atoms with Gasteiger partial charge in [0.25, 0.3) is 0 Å². The van der Waals surface area contributed by atoms with Gasteiger partial charge in [0.1, 0.15) is 29.3 Å². The highest BCUT2D eigenvalue weighted by Gasteiger charge is 2.50. The van der Waals surface area contributed by atoms with Gasteiger partial charge in [0.05, 0.1) is 12.6 Å². The Morgan fingerprint density at radius 2 is 1.16 bits per heavy atom. The molecule has 0 radical (unpaired) electrons. The summed E-state index contributed by atoms with van der Waals surface area (Å²) < 4.78 is 10.8. The van der Waals surface area contributed by atoms with Crippen molar-refractivity contribution in [2.45, 2.75) is 123 Å². The number of hydrogen-bond acceptors (Lipinski definition) is 7. The maximum atomic E-state index is 14.0. The summed E-state index contributed by atoms with van der Waals surface area (Å²) in [6, 6.07) is 15.0.